The Balaban J connectivity index is 1.13. The minimum absolute atomic E-state index is 0.0776. The van der Waals surface area contributed by atoms with Crippen molar-refractivity contribution in [1.82, 2.24) is 46.6 Å². The average molecular weight is 1040 g/mol. The summed E-state index contributed by atoms with van der Waals surface area (Å²) in [6.07, 6.45) is 7.12. The summed E-state index contributed by atoms with van der Waals surface area (Å²) < 4.78 is 0. The summed E-state index contributed by atoms with van der Waals surface area (Å²) in [7, 11) is 3.36. The molecule has 0 spiro atoms. The normalized spacial score (nSPS) is 22.4. The van der Waals surface area contributed by atoms with E-state index in [-0.39, 0.29) is 85.9 Å². The summed E-state index contributed by atoms with van der Waals surface area (Å²) in [6, 6.07) is 18.1. The van der Waals surface area contributed by atoms with Gasteiger partial charge in [-0.3, -0.25) is 33.6 Å². The third-order valence-corrected chi connectivity index (χ3v) is 16.5. The topological polar surface area (TPSA) is 201 Å². The Bertz CT molecular complexity index is 2630. The number of rotatable bonds is 18. The van der Waals surface area contributed by atoms with E-state index in [0.29, 0.717) is 0 Å². The molecule has 1 saturated heterocycles. The number of aryl methyl sites for hydroxylation is 1. The number of likely N-dealkylation sites (N-methyl/N-ethyl adjacent to an activating group) is 2. The lowest BCUT2D eigenvalue weighted by Crippen LogP contribution is -2.62. The number of benzene rings is 3. The van der Waals surface area contributed by atoms with Crippen molar-refractivity contribution >= 4 is 41.4 Å². The van der Waals surface area contributed by atoms with Crippen molar-refractivity contribution in [3.63, 3.8) is 0 Å². The molecule has 0 unspecified atom stereocenters. The monoisotopic (exact) mass is 1040 g/mol. The third kappa shape index (κ3) is 12.8. The molecule has 2 saturated carbocycles. The number of likely N-dealkylation sites (tertiary alicyclic amines) is 1. The number of nitrogens with zero attached hydrogens (tertiary/aromatic N) is 3. The second kappa shape index (κ2) is 23.2. The van der Waals surface area contributed by atoms with Gasteiger partial charge in [0, 0.05) is 43.9 Å². The smallest absolute Gasteiger partial charge is 0.246 e. The number of nitrogens with one attached hydrogen (secondary N) is 6. The van der Waals surface area contributed by atoms with Crippen LogP contribution in [-0.4, -0.2) is 131 Å². The molecule has 0 bridgehead atoms. The number of hydrogen-bond donors (Lipinski definition) is 6. The van der Waals surface area contributed by atoms with Crippen LogP contribution in [0.1, 0.15) is 146 Å². The minimum Gasteiger partial charge on any atom is -0.347 e. The fourth-order valence-electron chi connectivity index (χ4n) is 11.4. The van der Waals surface area contributed by atoms with E-state index in [1.54, 1.807) is 37.7 Å². The Hall–Kier alpha value is -6.13. The van der Waals surface area contributed by atoms with Crippen LogP contribution in [0.15, 0.2) is 72.8 Å². The van der Waals surface area contributed by atoms with Crippen molar-refractivity contribution in [2.45, 2.75) is 192 Å². The van der Waals surface area contributed by atoms with Crippen molar-refractivity contribution in [2.24, 2.45) is 10.8 Å². The van der Waals surface area contributed by atoms with Crippen molar-refractivity contribution in [3.05, 3.63) is 106 Å². The maximum Gasteiger partial charge on any atom is 0.246 e. The van der Waals surface area contributed by atoms with E-state index in [2.05, 4.69) is 44.0 Å². The zero-order valence-electron chi connectivity index (χ0n) is 46.5. The molecule has 0 radical (unpaired) electrons. The zero-order chi connectivity index (χ0) is 54.8. The van der Waals surface area contributed by atoms with E-state index >= 15 is 14.4 Å². The van der Waals surface area contributed by atoms with E-state index in [1.807, 2.05) is 107 Å². The Labute approximate surface area is 450 Å². The van der Waals surface area contributed by atoms with E-state index in [0.717, 1.165) is 72.8 Å². The van der Waals surface area contributed by atoms with Crippen LogP contribution in [0.5, 0.6) is 0 Å². The number of fused-ring (bicyclic) bond motifs is 2. The molecule has 3 aliphatic carbocycles. The van der Waals surface area contributed by atoms with Crippen LogP contribution in [0, 0.1) is 10.8 Å². The SMILES string of the molecule is CN[C@@H](C)C(=O)N[C@H](C(=O)N1C[C@@H](c2ccc3c(c2)CN(C(=O)[C@@H](NC(=O)[C@H](C)NC)C(C)(C)C)[C@H](C(=O)N[C@@H]2CCCc4ccccc42)C3)C[C@H]1C(=O)N[C@@H](Cc1ccccc1)C(=O)N(C1CC1)C1CC1)C(C)(C)C. The molecular formula is C60H83N9O7. The quantitative estimate of drug-likeness (QED) is 0.102. The van der Waals surface area contributed by atoms with Crippen LogP contribution in [-0.2, 0) is 59.4 Å². The zero-order valence-corrected chi connectivity index (χ0v) is 46.5. The summed E-state index contributed by atoms with van der Waals surface area (Å²) in [5.74, 6) is -2.64. The Kier molecular flexibility index (Phi) is 17.1. The number of amides is 7. The van der Waals surface area contributed by atoms with Gasteiger partial charge in [0.2, 0.25) is 41.4 Å². The van der Waals surface area contributed by atoms with E-state index in [4.69, 9.17) is 0 Å². The fourth-order valence-corrected chi connectivity index (χ4v) is 11.4. The Morgan fingerprint density at radius 3 is 1.80 bits per heavy atom. The average Bonchev–Trinajstić information content (AvgIpc) is 4.37. The predicted octanol–water partition coefficient (Wildman–Crippen LogP) is 4.98. The van der Waals surface area contributed by atoms with E-state index < -0.39 is 64.9 Å². The summed E-state index contributed by atoms with van der Waals surface area (Å²) >= 11 is 0. The summed E-state index contributed by atoms with van der Waals surface area (Å²) in [5, 5.41) is 18.5. The molecule has 76 heavy (non-hydrogen) atoms. The molecule has 5 aliphatic rings. The molecule has 6 N–H and O–H groups in total. The molecular weight excluding hydrogens is 959 g/mol. The maximum absolute atomic E-state index is 15.2. The second-order valence-corrected chi connectivity index (χ2v) is 24.4. The lowest BCUT2D eigenvalue weighted by atomic mass is 9.83. The van der Waals surface area contributed by atoms with Gasteiger partial charge in [0.25, 0.3) is 0 Å². The third-order valence-electron chi connectivity index (χ3n) is 16.5. The van der Waals surface area contributed by atoms with Gasteiger partial charge in [-0.2, -0.15) is 0 Å². The number of carbonyl (C=O) groups excluding carboxylic acids is 7. The second-order valence-electron chi connectivity index (χ2n) is 24.4. The van der Waals surface area contributed by atoms with Gasteiger partial charge < -0.3 is 46.6 Å². The standard InChI is InChI=1S/C60H83N9O7/c1-35(61-9)52(70)65-50(59(3,4)5)57(75)67-33-41-30-39(23-24-40(41)31-48(67)54(72)63-46-22-16-20-38-19-14-15-21-45(38)46)42-32-49(68(34-42)58(76)51(60(6,7)8)66-53(71)36(2)62-10)55(73)64-47(29-37-17-12-11-13-18-37)56(74)69(43-25-26-43)44-27-28-44/h11-15,17-19,21,23-24,30,35-36,42-44,46-51,61-62H,16,20,22,25-29,31-34H2,1-10H3,(H,63,72)(H,64,73)(H,65,70)(H,66,71)/t35-,36-,42-,46+,47-,48-,49-,50+,51+/m0/s1. The molecule has 2 heterocycles. The molecule has 0 aromatic heterocycles. The van der Waals surface area contributed by atoms with Crippen LogP contribution in [0.3, 0.4) is 0 Å². The van der Waals surface area contributed by atoms with Crippen LogP contribution in [0.25, 0.3) is 0 Å². The summed E-state index contributed by atoms with van der Waals surface area (Å²) in [4.78, 5) is 107. The highest BCUT2D eigenvalue weighted by molar-refractivity contribution is 5.97. The first-order valence-corrected chi connectivity index (χ1v) is 27.8. The van der Waals surface area contributed by atoms with Crippen LogP contribution >= 0.6 is 0 Å². The molecule has 3 fully saturated rings. The van der Waals surface area contributed by atoms with Gasteiger partial charge in [-0.1, -0.05) is 114 Å². The minimum atomic E-state index is -0.995. The lowest BCUT2D eigenvalue weighted by molar-refractivity contribution is -0.147. The number of carbonyl (C=O) groups is 7. The van der Waals surface area contributed by atoms with Gasteiger partial charge in [-0.25, -0.2) is 0 Å². The van der Waals surface area contributed by atoms with Gasteiger partial charge in [-0.15, -0.1) is 0 Å². The molecule has 8 rings (SSSR count). The van der Waals surface area contributed by atoms with Crippen molar-refractivity contribution < 1.29 is 33.6 Å². The summed E-state index contributed by atoms with van der Waals surface area (Å²) in [5.41, 5.74) is 4.27. The molecule has 7 amide bonds. The van der Waals surface area contributed by atoms with Gasteiger partial charge in [0.15, 0.2) is 0 Å². The highest BCUT2D eigenvalue weighted by atomic mass is 16.2. The lowest BCUT2D eigenvalue weighted by Gasteiger charge is -2.42. The molecule has 3 aromatic carbocycles. The van der Waals surface area contributed by atoms with Gasteiger partial charge in [-0.05, 0) is 124 Å². The first kappa shape index (κ1) is 56.1. The highest BCUT2D eigenvalue weighted by Gasteiger charge is 2.49. The predicted molar refractivity (Wildman–Crippen MR) is 292 cm³/mol. The Morgan fingerprint density at radius 1 is 0.645 bits per heavy atom. The van der Waals surface area contributed by atoms with Crippen LogP contribution < -0.4 is 31.9 Å². The summed E-state index contributed by atoms with van der Waals surface area (Å²) in [6.45, 7) is 15.0. The first-order chi connectivity index (χ1) is 36.1. The molecule has 9 atom stereocenters. The number of hydrogen-bond acceptors (Lipinski definition) is 9. The van der Waals surface area contributed by atoms with E-state index in [9.17, 15) is 19.2 Å². The van der Waals surface area contributed by atoms with Crippen molar-refractivity contribution in [2.75, 3.05) is 20.6 Å². The molecule has 410 valence electrons. The van der Waals surface area contributed by atoms with Crippen molar-refractivity contribution in [1.29, 1.82) is 0 Å². The molecule has 16 nitrogen and oxygen atoms in total. The molecule has 16 heteroatoms. The van der Waals surface area contributed by atoms with Crippen molar-refractivity contribution in [3.8, 4) is 0 Å². The molecule has 2 aliphatic heterocycles. The van der Waals surface area contributed by atoms with E-state index in [1.165, 1.54) is 5.56 Å². The highest BCUT2D eigenvalue weighted by Crippen LogP contribution is 2.40. The van der Waals surface area contributed by atoms with Crippen LogP contribution in [0.4, 0.5) is 0 Å². The Morgan fingerprint density at radius 2 is 1.22 bits per heavy atom. The van der Waals surface area contributed by atoms with Crippen LogP contribution in [0.2, 0.25) is 0 Å². The largest absolute Gasteiger partial charge is 0.347 e. The van der Waals surface area contributed by atoms with Gasteiger partial charge >= 0.3 is 0 Å². The molecule has 3 aromatic rings. The first-order valence-electron chi connectivity index (χ1n) is 27.8. The fraction of sp³-hybridized carbons (Fsp3) is 0.583. The maximum atomic E-state index is 15.2. The van der Waals surface area contributed by atoms with Gasteiger partial charge in [0.1, 0.15) is 30.2 Å². The van der Waals surface area contributed by atoms with Gasteiger partial charge in [0.05, 0.1) is 18.1 Å².